The van der Waals surface area contributed by atoms with Gasteiger partial charge in [0.2, 0.25) is 5.91 Å². The van der Waals surface area contributed by atoms with Gasteiger partial charge in [-0.25, -0.2) is 0 Å². The summed E-state index contributed by atoms with van der Waals surface area (Å²) < 4.78 is 11.3. The van der Waals surface area contributed by atoms with Crippen molar-refractivity contribution in [2.75, 3.05) is 13.2 Å². The molecule has 0 aliphatic carbocycles. The van der Waals surface area contributed by atoms with Crippen molar-refractivity contribution in [1.82, 2.24) is 5.32 Å². The number of carbonyl (C=O) groups is 1. The standard InChI is InChI=1S/C68H127NO8/c1-3-5-7-9-11-13-15-17-19-20-21-22-23-24-25-26-27-28-29-30-31-32-33-34-35-36-37-38-39-40-41-42-44-46-48-50-52-54-56-58-64(72)69-61(60-76-68-67(75)66(74)65(73)63(59-70)77-68)62(71)57-55-53-51-49-47-45-43-18-16-14-12-10-8-6-4-2/h15,17,20-21,23-24,55,57,61-63,65-68,70-71,73-75H,3-14,16,18-19,22,25-54,56,58-60H2,1-2H3,(H,69,72)/b17-15-,21-20-,24-23-,57-55+. The lowest BCUT2D eigenvalue weighted by molar-refractivity contribution is -0.302. The topological polar surface area (TPSA) is 149 Å². The molecule has 1 amide bonds. The second-order valence-corrected chi connectivity index (χ2v) is 23.3. The van der Waals surface area contributed by atoms with Gasteiger partial charge >= 0.3 is 0 Å². The highest BCUT2D eigenvalue weighted by Crippen LogP contribution is 2.23. The minimum absolute atomic E-state index is 0.172. The fourth-order valence-corrected chi connectivity index (χ4v) is 10.6. The molecule has 7 unspecified atom stereocenters. The molecule has 1 aliphatic rings. The van der Waals surface area contributed by atoms with Gasteiger partial charge in [-0.15, -0.1) is 0 Å². The fourth-order valence-electron chi connectivity index (χ4n) is 10.6. The molecule has 0 aromatic carbocycles. The van der Waals surface area contributed by atoms with Crippen molar-refractivity contribution in [2.24, 2.45) is 0 Å². The third-order valence-electron chi connectivity index (χ3n) is 15.9. The lowest BCUT2D eigenvalue weighted by Crippen LogP contribution is -2.60. The average Bonchev–Trinajstić information content (AvgIpc) is 3.43. The number of amides is 1. The van der Waals surface area contributed by atoms with Gasteiger partial charge < -0.3 is 40.3 Å². The number of aliphatic hydroxyl groups is 5. The highest BCUT2D eigenvalue weighted by molar-refractivity contribution is 5.76. The van der Waals surface area contributed by atoms with Gasteiger partial charge in [-0.2, -0.15) is 0 Å². The molecule has 1 aliphatic heterocycles. The maximum Gasteiger partial charge on any atom is 0.220 e. The van der Waals surface area contributed by atoms with Crippen LogP contribution in [0.5, 0.6) is 0 Å². The summed E-state index contributed by atoms with van der Waals surface area (Å²) in [4.78, 5) is 13.1. The largest absolute Gasteiger partial charge is 0.394 e. The van der Waals surface area contributed by atoms with Crippen LogP contribution >= 0.6 is 0 Å². The van der Waals surface area contributed by atoms with Gasteiger partial charge in [-0.3, -0.25) is 4.79 Å². The van der Waals surface area contributed by atoms with E-state index in [1.807, 2.05) is 6.08 Å². The number of ether oxygens (including phenoxy) is 2. The molecule has 1 rings (SSSR count). The van der Waals surface area contributed by atoms with Crippen LogP contribution in [0.1, 0.15) is 322 Å². The number of hydrogen-bond acceptors (Lipinski definition) is 8. The first-order chi connectivity index (χ1) is 37.8. The van der Waals surface area contributed by atoms with Gasteiger partial charge in [-0.05, 0) is 57.8 Å². The van der Waals surface area contributed by atoms with Crippen LogP contribution in [0.2, 0.25) is 0 Å². The Morgan fingerprint density at radius 2 is 0.766 bits per heavy atom. The van der Waals surface area contributed by atoms with E-state index in [9.17, 15) is 30.3 Å². The highest BCUT2D eigenvalue weighted by atomic mass is 16.7. The molecule has 0 aromatic rings. The zero-order chi connectivity index (χ0) is 55.8. The third-order valence-corrected chi connectivity index (χ3v) is 15.9. The van der Waals surface area contributed by atoms with E-state index < -0.39 is 49.5 Å². The number of unbranched alkanes of at least 4 members (excludes halogenated alkanes) is 42. The molecule has 6 N–H and O–H groups in total. The van der Waals surface area contributed by atoms with Crippen molar-refractivity contribution < 1.29 is 39.8 Å². The molecule has 9 heteroatoms. The second kappa shape index (κ2) is 57.4. The molecule has 0 spiro atoms. The highest BCUT2D eigenvalue weighted by Gasteiger charge is 2.44. The Bertz CT molecular complexity index is 1350. The molecule has 77 heavy (non-hydrogen) atoms. The van der Waals surface area contributed by atoms with Crippen LogP contribution in [0.15, 0.2) is 48.6 Å². The Hall–Kier alpha value is -1.85. The minimum Gasteiger partial charge on any atom is -0.394 e. The number of aliphatic hydroxyl groups excluding tert-OH is 5. The van der Waals surface area contributed by atoms with E-state index in [4.69, 9.17) is 9.47 Å². The summed E-state index contributed by atoms with van der Waals surface area (Å²) in [5, 5.41) is 54.6. The Labute approximate surface area is 475 Å². The number of carbonyl (C=O) groups excluding carboxylic acids is 1. The summed E-state index contributed by atoms with van der Waals surface area (Å²) in [6.07, 6.45) is 70.8. The molecule has 9 nitrogen and oxygen atoms in total. The van der Waals surface area contributed by atoms with Crippen LogP contribution in [-0.4, -0.2) is 87.5 Å². The van der Waals surface area contributed by atoms with E-state index >= 15 is 0 Å². The number of nitrogens with one attached hydrogen (secondary N) is 1. The fraction of sp³-hybridized carbons (Fsp3) is 0.868. The number of hydrogen-bond donors (Lipinski definition) is 6. The Kier molecular flexibility index (Phi) is 54.5. The predicted octanol–water partition coefficient (Wildman–Crippen LogP) is 17.6. The summed E-state index contributed by atoms with van der Waals surface area (Å²) >= 11 is 0. The maximum absolute atomic E-state index is 13.1. The van der Waals surface area contributed by atoms with Crippen LogP contribution < -0.4 is 5.32 Å². The van der Waals surface area contributed by atoms with Gasteiger partial charge in [0.15, 0.2) is 6.29 Å². The van der Waals surface area contributed by atoms with E-state index in [-0.39, 0.29) is 12.5 Å². The Morgan fingerprint density at radius 3 is 1.13 bits per heavy atom. The van der Waals surface area contributed by atoms with Crippen molar-refractivity contribution >= 4 is 5.91 Å². The van der Waals surface area contributed by atoms with Crippen molar-refractivity contribution in [2.45, 2.75) is 365 Å². The van der Waals surface area contributed by atoms with E-state index in [0.29, 0.717) is 6.42 Å². The summed E-state index contributed by atoms with van der Waals surface area (Å²) in [6, 6.07) is -0.803. The van der Waals surface area contributed by atoms with Crippen molar-refractivity contribution in [3.05, 3.63) is 48.6 Å². The maximum atomic E-state index is 13.1. The molecular weight excluding hydrogens is 959 g/mol. The summed E-state index contributed by atoms with van der Waals surface area (Å²) in [6.45, 7) is 3.79. The quantitative estimate of drug-likeness (QED) is 0.0261. The zero-order valence-electron chi connectivity index (χ0n) is 50.5. The molecule has 0 bridgehead atoms. The van der Waals surface area contributed by atoms with Crippen LogP contribution in [0.3, 0.4) is 0 Å². The summed E-state index contributed by atoms with van der Waals surface area (Å²) in [5.41, 5.74) is 0. The number of rotatable bonds is 58. The second-order valence-electron chi connectivity index (χ2n) is 23.3. The Morgan fingerprint density at radius 1 is 0.442 bits per heavy atom. The van der Waals surface area contributed by atoms with Gasteiger partial charge in [-0.1, -0.05) is 306 Å². The normalized spacial score (nSPS) is 19.0. The number of allylic oxidation sites excluding steroid dienone is 7. The molecule has 1 fully saturated rings. The van der Waals surface area contributed by atoms with Crippen molar-refractivity contribution in [1.29, 1.82) is 0 Å². The first-order valence-corrected chi connectivity index (χ1v) is 33.4. The summed E-state index contributed by atoms with van der Waals surface area (Å²) in [5.74, 6) is -0.172. The third kappa shape index (κ3) is 46.5. The predicted molar refractivity (Wildman–Crippen MR) is 327 cm³/mol. The van der Waals surface area contributed by atoms with Crippen molar-refractivity contribution in [3.8, 4) is 0 Å². The van der Waals surface area contributed by atoms with Gasteiger partial charge in [0.25, 0.3) is 0 Å². The van der Waals surface area contributed by atoms with Crippen molar-refractivity contribution in [3.63, 3.8) is 0 Å². The smallest absolute Gasteiger partial charge is 0.220 e. The molecule has 1 saturated heterocycles. The molecule has 7 atom stereocenters. The zero-order valence-corrected chi connectivity index (χ0v) is 50.5. The first-order valence-electron chi connectivity index (χ1n) is 33.4. The first kappa shape index (κ1) is 73.2. The van der Waals surface area contributed by atoms with Gasteiger partial charge in [0.05, 0.1) is 25.4 Å². The van der Waals surface area contributed by atoms with Crippen LogP contribution in [-0.2, 0) is 14.3 Å². The van der Waals surface area contributed by atoms with Crippen LogP contribution in [0, 0.1) is 0 Å². The Balaban J connectivity index is 2.04. The van der Waals surface area contributed by atoms with Crippen LogP contribution in [0.4, 0.5) is 0 Å². The molecule has 0 radical (unpaired) electrons. The monoisotopic (exact) mass is 1090 g/mol. The van der Waals surface area contributed by atoms with E-state index in [0.717, 1.165) is 51.4 Å². The molecule has 0 saturated carbocycles. The lowest BCUT2D eigenvalue weighted by Gasteiger charge is -2.40. The minimum atomic E-state index is -1.57. The molecule has 452 valence electrons. The average molecular weight is 1090 g/mol. The van der Waals surface area contributed by atoms with Gasteiger partial charge in [0, 0.05) is 6.42 Å². The molecule has 0 aromatic heterocycles. The van der Waals surface area contributed by atoms with Gasteiger partial charge in [0.1, 0.15) is 24.4 Å². The van der Waals surface area contributed by atoms with E-state index in [1.165, 1.54) is 250 Å². The lowest BCUT2D eigenvalue weighted by atomic mass is 9.99. The molecular formula is C68H127NO8. The van der Waals surface area contributed by atoms with E-state index in [2.05, 4.69) is 55.6 Å². The van der Waals surface area contributed by atoms with E-state index in [1.54, 1.807) is 6.08 Å². The summed E-state index contributed by atoms with van der Waals surface area (Å²) in [7, 11) is 0. The van der Waals surface area contributed by atoms with Crippen LogP contribution in [0.25, 0.3) is 0 Å². The molecule has 1 heterocycles. The SMILES string of the molecule is CCCCCCC/C=C\C/C=C\C/C=C\CCCCCCCCCCCCCCCCCCCCCCCCCCC(=O)NC(COC1OC(CO)C(O)C(O)C1O)C(O)/C=C/CCCCCCCCCCCCCCC.